The molecule has 0 aliphatic carbocycles. The van der Waals surface area contributed by atoms with E-state index in [1.807, 2.05) is 0 Å². The van der Waals surface area contributed by atoms with Crippen LogP contribution in [0.4, 0.5) is 0 Å². The summed E-state index contributed by atoms with van der Waals surface area (Å²) in [5.41, 5.74) is -0.0499. The number of unbranched alkanes of at least 4 members (excludes halogenated alkanes) is 12. The summed E-state index contributed by atoms with van der Waals surface area (Å²) in [4.78, 5) is 11.9. The van der Waals surface area contributed by atoms with E-state index in [4.69, 9.17) is 4.74 Å². The minimum atomic E-state index is -0.0499. The van der Waals surface area contributed by atoms with Crippen LogP contribution in [0, 0.1) is 0 Å². The van der Waals surface area contributed by atoms with Gasteiger partial charge in [-0.05, 0) is 20.3 Å². The lowest BCUT2D eigenvalue weighted by atomic mass is 10.0. The van der Waals surface area contributed by atoms with Gasteiger partial charge in [-0.1, -0.05) is 84.0 Å². The first-order valence-electron chi connectivity index (χ1n) is 11.2. The Labute approximate surface area is 164 Å². The Morgan fingerprint density at radius 3 is 1.50 bits per heavy atom. The quantitative estimate of drug-likeness (QED) is 0.166. The second-order valence-electron chi connectivity index (χ2n) is 9.48. The standard InChI is InChI=1S/C23H48NO2/c1-7-8-9-10-11-12-13-14-15-16-17-18-19-20-22(25)26-21-23(2,3)24(4,5)6/h7-21H2,1-6H3/q+1. The average Bonchev–Trinajstić information content (AvgIpc) is 2.56. The second kappa shape index (κ2) is 14.5. The molecule has 0 spiro atoms. The van der Waals surface area contributed by atoms with Crippen LogP contribution in [0.5, 0.6) is 0 Å². The van der Waals surface area contributed by atoms with E-state index in [1.165, 1.54) is 70.6 Å². The Morgan fingerprint density at radius 2 is 1.12 bits per heavy atom. The summed E-state index contributed by atoms with van der Waals surface area (Å²) in [6.45, 7) is 7.06. The molecule has 156 valence electrons. The van der Waals surface area contributed by atoms with Crippen LogP contribution in [0.3, 0.4) is 0 Å². The van der Waals surface area contributed by atoms with Gasteiger partial charge in [-0.25, -0.2) is 0 Å². The summed E-state index contributed by atoms with van der Waals surface area (Å²) in [5.74, 6) is -0.0328. The molecule has 0 rings (SSSR count). The number of esters is 1. The van der Waals surface area contributed by atoms with Crippen molar-refractivity contribution in [3.63, 3.8) is 0 Å². The molecular formula is C23H48NO2+. The molecule has 0 aliphatic rings. The first kappa shape index (κ1) is 25.4. The summed E-state index contributed by atoms with van der Waals surface area (Å²) in [7, 11) is 6.42. The van der Waals surface area contributed by atoms with Crippen molar-refractivity contribution in [2.75, 3.05) is 27.7 Å². The molecule has 0 bridgehead atoms. The molecule has 0 amide bonds. The highest BCUT2D eigenvalue weighted by Gasteiger charge is 2.34. The molecule has 26 heavy (non-hydrogen) atoms. The zero-order chi connectivity index (χ0) is 19.9. The minimum absolute atomic E-state index is 0.0328. The van der Waals surface area contributed by atoms with E-state index < -0.39 is 0 Å². The summed E-state index contributed by atoms with van der Waals surface area (Å²) >= 11 is 0. The van der Waals surface area contributed by atoms with Gasteiger partial charge in [0, 0.05) is 6.42 Å². The van der Waals surface area contributed by atoms with Gasteiger partial charge in [-0.2, -0.15) is 0 Å². The van der Waals surface area contributed by atoms with Gasteiger partial charge in [0.25, 0.3) is 0 Å². The molecule has 0 aromatic heterocycles. The van der Waals surface area contributed by atoms with E-state index >= 15 is 0 Å². The number of ether oxygens (including phenoxy) is 1. The van der Waals surface area contributed by atoms with Crippen LogP contribution in [0.2, 0.25) is 0 Å². The molecule has 0 N–H and O–H groups in total. The maximum absolute atomic E-state index is 11.9. The first-order chi connectivity index (χ1) is 12.2. The maximum Gasteiger partial charge on any atom is 0.306 e. The van der Waals surface area contributed by atoms with Crippen molar-refractivity contribution in [2.45, 2.75) is 116 Å². The number of hydrogen-bond donors (Lipinski definition) is 0. The van der Waals surface area contributed by atoms with Crippen molar-refractivity contribution in [2.24, 2.45) is 0 Å². The number of carbonyl (C=O) groups excluding carboxylic acids is 1. The molecule has 0 atom stereocenters. The summed E-state index contributed by atoms with van der Waals surface area (Å²) < 4.78 is 6.28. The molecule has 0 heterocycles. The van der Waals surface area contributed by atoms with Crippen LogP contribution >= 0.6 is 0 Å². The maximum atomic E-state index is 11.9. The van der Waals surface area contributed by atoms with Crippen molar-refractivity contribution >= 4 is 5.97 Å². The van der Waals surface area contributed by atoms with Crippen molar-refractivity contribution in [3.8, 4) is 0 Å². The van der Waals surface area contributed by atoms with E-state index in [9.17, 15) is 4.79 Å². The Hall–Kier alpha value is -0.570. The molecule has 3 heteroatoms. The number of nitrogens with zero attached hydrogens (tertiary/aromatic N) is 1. The van der Waals surface area contributed by atoms with Gasteiger partial charge in [0.05, 0.1) is 21.1 Å². The van der Waals surface area contributed by atoms with Gasteiger partial charge in [0.1, 0.15) is 12.1 Å². The van der Waals surface area contributed by atoms with Crippen LogP contribution in [0.15, 0.2) is 0 Å². The van der Waals surface area contributed by atoms with Crippen LogP contribution in [-0.2, 0) is 9.53 Å². The molecule has 0 aromatic carbocycles. The molecule has 0 fully saturated rings. The third kappa shape index (κ3) is 13.6. The van der Waals surface area contributed by atoms with Gasteiger partial charge in [-0.15, -0.1) is 0 Å². The minimum Gasteiger partial charge on any atom is -0.459 e. The number of quaternary nitrogens is 1. The predicted octanol–water partition coefficient (Wildman–Crippen LogP) is 6.50. The second-order valence-corrected chi connectivity index (χ2v) is 9.48. The monoisotopic (exact) mass is 370 g/mol. The van der Waals surface area contributed by atoms with E-state index in [1.54, 1.807) is 0 Å². The summed E-state index contributed by atoms with van der Waals surface area (Å²) in [6.07, 6.45) is 17.9. The topological polar surface area (TPSA) is 26.3 Å². The molecule has 3 nitrogen and oxygen atoms in total. The normalized spacial score (nSPS) is 12.4. The SMILES string of the molecule is CCCCCCCCCCCCCCCC(=O)OCC(C)(C)[N+](C)(C)C. The Morgan fingerprint density at radius 1 is 0.731 bits per heavy atom. The molecular weight excluding hydrogens is 322 g/mol. The van der Waals surface area contributed by atoms with E-state index in [-0.39, 0.29) is 11.5 Å². The first-order valence-corrected chi connectivity index (χ1v) is 11.2. The number of rotatable bonds is 17. The van der Waals surface area contributed by atoms with Crippen molar-refractivity contribution in [1.29, 1.82) is 0 Å². The Kier molecular flexibility index (Phi) is 14.2. The molecule has 0 radical (unpaired) electrons. The van der Waals surface area contributed by atoms with Crippen LogP contribution in [0.1, 0.15) is 111 Å². The fourth-order valence-corrected chi connectivity index (χ4v) is 2.81. The number of likely N-dealkylation sites (N-methyl/N-ethyl adjacent to an activating group) is 1. The van der Waals surface area contributed by atoms with Gasteiger partial charge >= 0.3 is 5.97 Å². The number of hydrogen-bond acceptors (Lipinski definition) is 2. The van der Waals surface area contributed by atoms with Crippen molar-refractivity contribution in [3.05, 3.63) is 0 Å². The molecule has 0 aromatic rings. The highest BCUT2D eigenvalue weighted by atomic mass is 16.5. The van der Waals surface area contributed by atoms with Gasteiger partial charge in [0.2, 0.25) is 0 Å². The zero-order valence-electron chi connectivity index (χ0n) is 18.9. The fraction of sp³-hybridized carbons (Fsp3) is 0.957. The van der Waals surface area contributed by atoms with Crippen LogP contribution < -0.4 is 0 Å². The smallest absolute Gasteiger partial charge is 0.306 e. The van der Waals surface area contributed by atoms with E-state index in [2.05, 4.69) is 41.9 Å². The summed E-state index contributed by atoms with van der Waals surface area (Å²) in [6, 6.07) is 0. The lowest BCUT2D eigenvalue weighted by Crippen LogP contribution is -2.56. The van der Waals surface area contributed by atoms with Crippen molar-refractivity contribution in [1.82, 2.24) is 0 Å². The zero-order valence-corrected chi connectivity index (χ0v) is 18.9. The Bertz CT molecular complexity index is 345. The molecule has 0 unspecified atom stereocenters. The van der Waals surface area contributed by atoms with Crippen LogP contribution in [-0.4, -0.2) is 43.7 Å². The van der Waals surface area contributed by atoms with E-state index in [0.717, 1.165) is 17.3 Å². The highest BCUT2D eigenvalue weighted by Crippen LogP contribution is 2.18. The van der Waals surface area contributed by atoms with Crippen molar-refractivity contribution < 1.29 is 14.0 Å². The lowest BCUT2D eigenvalue weighted by molar-refractivity contribution is -0.919. The van der Waals surface area contributed by atoms with Crippen LogP contribution in [0.25, 0.3) is 0 Å². The van der Waals surface area contributed by atoms with Gasteiger partial charge in [-0.3, -0.25) is 4.79 Å². The predicted molar refractivity (Wildman–Crippen MR) is 113 cm³/mol. The largest absolute Gasteiger partial charge is 0.459 e. The lowest BCUT2D eigenvalue weighted by Gasteiger charge is -2.40. The third-order valence-electron chi connectivity index (χ3n) is 5.89. The number of carbonyl (C=O) groups is 1. The fourth-order valence-electron chi connectivity index (χ4n) is 2.81. The Balaban J connectivity index is 3.41. The van der Waals surface area contributed by atoms with E-state index in [0.29, 0.717) is 13.0 Å². The molecule has 0 saturated heterocycles. The molecule has 0 saturated carbocycles. The summed E-state index contributed by atoms with van der Waals surface area (Å²) in [5, 5.41) is 0. The molecule has 0 aliphatic heterocycles. The average molecular weight is 371 g/mol. The van der Waals surface area contributed by atoms with Gasteiger partial charge in [0.15, 0.2) is 0 Å². The highest BCUT2D eigenvalue weighted by molar-refractivity contribution is 5.69. The third-order valence-corrected chi connectivity index (χ3v) is 5.89. The van der Waals surface area contributed by atoms with Gasteiger partial charge < -0.3 is 9.22 Å².